The molecule has 1 aromatic heterocycles. The molecule has 174 valence electrons. The van der Waals surface area contributed by atoms with E-state index in [0.717, 1.165) is 11.4 Å². The van der Waals surface area contributed by atoms with E-state index in [4.69, 9.17) is 21.5 Å². The number of benzene rings is 3. The Hall–Kier alpha value is -3.89. The maximum atomic E-state index is 12.6. The van der Waals surface area contributed by atoms with Crippen molar-refractivity contribution in [2.75, 3.05) is 15.4 Å². The number of nitrogens with zero attached hydrogens (tertiary/aromatic N) is 1. The number of sulfonamides is 1. The number of aryl methyl sites for hydroxylation is 1. The summed E-state index contributed by atoms with van der Waals surface area (Å²) in [5, 5.41) is 10.2. The predicted molar refractivity (Wildman–Crippen MR) is 136 cm³/mol. The maximum absolute atomic E-state index is 12.6. The lowest BCUT2D eigenvalue weighted by Gasteiger charge is -2.12. The molecule has 0 atom stereocenters. The molecule has 0 fully saturated rings. The number of ether oxygens (including phenoxy) is 1. The first-order chi connectivity index (χ1) is 16.3. The zero-order valence-corrected chi connectivity index (χ0v) is 20.0. The van der Waals surface area contributed by atoms with Crippen LogP contribution < -0.4 is 20.1 Å². The smallest absolute Gasteiger partial charge is 0.264 e. The molecular formula is C24H22N4O4S2. The van der Waals surface area contributed by atoms with Crippen LogP contribution in [0.4, 0.5) is 17.3 Å². The van der Waals surface area contributed by atoms with Crippen LogP contribution in [0.2, 0.25) is 0 Å². The summed E-state index contributed by atoms with van der Waals surface area (Å²) in [6, 6.07) is 23.1. The number of hydrogen-bond acceptors (Lipinski definition) is 6. The minimum Gasteiger partial charge on any atom is -0.457 e. The molecule has 1 heterocycles. The van der Waals surface area contributed by atoms with E-state index in [1.54, 1.807) is 26.0 Å². The molecule has 0 aliphatic heterocycles. The summed E-state index contributed by atoms with van der Waals surface area (Å²) in [5.41, 5.74) is 2.67. The molecule has 0 saturated carbocycles. The Labute approximate surface area is 203 Å². The molecule has 3 aromatic carbocycles. The van der Waals surface area contributed by atoms with E-state index in [1.807, 2.05) is 54.6 Å². The fraction of sp³-hybridized carbons (Fsp3) is 0.0833. The SMILES string of the molecule is Cc1noc(NS(=O)(=O)c2ccc(NC(=S)Nc3ccc(Oc4ccccc4)cc3)cc2)c1C. The Bertz CT molecular complexity index is 1390. The highest BCUT2D eigenvalue weighted by atomic mass is 32.2. The van der Waals surface area contributed by atoms with Gasteiger partial charge in [0.15, 0.2) is 5.11 Å². The van der Waals surface area contributed by atoms with Gasteiger partial charge in [0.05, 0.1) is 10.6 Å². The normalized spacial score (nSPS) is 11.0. The molecular weight excluding hydrogens is 472 g/mol. The molecule has 0 unspecified atom stereocenters. The Morgan fingerprint density at radius 3 is 1.97 bits per heavy atom. The van der Waals surface area contributed by atoms with Crippen LogP contribution >= 0.6 is 12.2 Å². The van der Waals surface area contributed by atoms with E-state index >= 15 is 0 Å². The molecule has 0 aliphatic rings. The highest BCUT2D eigenvalue weighted by Crippen LogP contribution is 2.24. The largest absolute Gasteiger partial charge is 0.457 e. The Balaban J connectivity index is 1.34. The molecule has 3 N–H and O–H groups in total. The van der Waals surface area contributed by atoms with Crippen LogP contribution in [0.1, 0.15) is 11.3 Å². The molecule has 8 nitrogen and oxygen atoms in total. The van der Waals surface area contributed by atoms with E-state index in [0.29, 0.717) is 27.8 Å². The second kappa shape index (κ2) is 9.94. The van der Waals surface area contributed by atoms with Crippen molar-refractivity contribution in [3.05, 3.63) is 90.1 Å². The molecule has 0 aliphatic carbocycles. The molecule has 0 bridgehead atoms. The molecule has 34 heavy (non-hydrogen) atoms. The number of aromatic nitrogens is 1. The van der Waals surface area contributed by atoms with E-state index in [-0.39, 0.29) is 10.8 Å². The monoisotopic (exact) mass is 494 g/mol. The highest BCUT2D eigenvalue weighted by Gasteiger charge is 2.19. The van der Waals surface area contributed by atoms with Crippen molar-refractivity contribution in [2.24, 2.45) is 0 Å². The number of thiocarbonyl (C=S) groups is 1. The van der Waals surface area contributed by atoms with Crippen LogP contribution in [0.3, 0.4) is 0 Å². The first-order valence-corrected chi connectivity index (χ1v) is 12.2. The fourth-order valence-corrected chi connectivity index (χ4v) is 4.22. The van der Waals surface area contributed by atoms with Crippen LogP contribution in [0.15, 0.2) is 88.3 Å². The van der Waals surface area contributed by atoms with Crippen molar-refractivity contribution in [3.63, 3.8) is 0 Å². The summed E-state index contributed by atoms with van der Waals surface area (Å²) in [5.74, 6) is 1.56. The van der Waals surface area contributed by atoms with Crippen LogP contribution in [0.5, 0.6) is 11.5 Å². The third-order valence-corrected chi connectivity index (χ3v) is 6.45. The molecule has 4 rings (SSSR count). The average molecular weight is 495 g/mol. The number of hydrogen-bond donors (Lipinski definition) is 3. The Morgan fingerprint density at radius 2 is 1.41 bits per heavy atom. The molecule has 0 saturated heterocycles. The van der Waals surface area contributed by atoms with E-state index in [1.165, 1.54) is 12.1 Å². The zero-order valence-electron chi connectivity index (χ0n) is 18.4. The maximum Gasteiger partial charge on any atom is 0.264 e. The number of anilines is 3. The number of rotatable bonds is 7. The van der Waals surface area contributed by atoms with Gasteiger partial charge >= 0.3 is 0 Å². The van der Waals surface area contributed by atoms with Gasteiger partial charge in [-0.05, 0) is 86.7 Å². The molecule has 4 aromatic rings. The van der Waals surface area contributed by atoms with Gasteiger partial charge in [0.25, 0.3) is 10.0 Å². The molecule has 0 radical (unpaired) electrons. The summed E-state index contributed by atoms with van der Waals surface area (Å²) < 4.78 is 38.5. The third-order valence-electron chi connectivity index (χ3n) is 4.90. The second-order valence-corrected chi connectivity index (χ2v) is 9.46. The first kappa shape index (κ1) is 23.3. The minimum atomic E-state index is -3.81. The predicted octanol–water partition coefficient (Wildman–Crippen LogP) is 5.69. The quantitative estimate of drug-likeness (QED) is 0.281. The molecule has 0 amide bonds. The average Bonchev–Trinajstić information content (AvgIpc) is 3.13. The van der Waals surface area contributed by atoms with Crippen molar-refractivity contribution < 1.29 is 17.7 Å². The zero-order chi connectivity index (χ0) is 24.1. The standard InChI is InChI=1S/C24H22N4O4S2/c1-16-17(2)27-32-23(16)28-34(29,30)22-14-10-19(11-15-22)26-24(33)25-18-8-12-21(13-9-18)31-20-6-4-3-5-7-20/h3-15,28H,1-2H3,(H2,25,26,33). The van der Waals surface area contributed by atoms with Crippen LogP contribution in [-0.4, -0.2) is 18.7 Å². The fourth-order valence-electron chi connectivity index (χ4n) is 2.93. The van der Waals surface area contributed by atoms with E-state index in [9.17, 15) is 8.42 Å². The first-order valence-electron chi connectivity index (χ1n) is 10.3. The van der Waals surface area contributed by atoms with Gasteiger partial charge in [-0.3, -0.25) is 0 Å². The van der Waals surface area contributed by atoms with Crippen molar-refractivity contribution in [2.45, 2.75) is 18.7 Å². The summed E-state index contributed by atoms with van der Waals surface area (Å²) in [7, 11) is -3.81. The van der Waals surface area contributed by atoms with Gasteiger partial charge in [0.1, 0.15) is 11.5 Å². The molecule has 0 spiro atoms. The van der Waals surface area contributed by atoms with Gasteiger partial charge in [-0.1, -0.05) is 23.4 Å². The highest BCUT2D eigenvalue weighted by molar-refractivity contribution is 7.92. The van der Waals surface area contributed by atoms with Crippen molar-refractivity contribution in [1.29, 1.82) is 0 Å². The lowest BCUT2D eigenvalue weighted by molar-refractivity contribution is 0.430. The molecule has 10 heteroatoms. The lowest BCUT2D eigenvalue weighted by atomic mass is 10.3. The summed E-state index contributed by atoms with van der Waals surface area (Å²) in [4.78, 5) is 0.0828. The van der Waals surface area contributed by atoms with E-state index in [2.05, 4.69) is 20.5 Å². The summed E-state index contributed by atoms with van der Waals surface area (Å²) in [6.07, 6.45) is 0. The second-order valence-electron chi connectivity index (χ2n) is 7.37. The van der Waals surface area contributed by atoms with Crippen LogP contribution in [0.25, 0.3) is 0 Å². The van der Waals surface area contributed by atoms with Crippen LogP contribution in [-0.2, 0) is 10.0 Å². The van der Waals surface area contributed by atoms with Gasteiger partial charge in [-0.2, -0.15) is 0 Å². The van der Waals surface area contributed by atoms with Crippen LogP contribution in [0, 0.1) is 13.8 Å². The number of nitrogens with one attached hydrogen (secondary N) is 3. The summed E-state index contributed by atoms with van der Waals surface area (Å²) in [6.45, 7) is 3.47. The van der Waals surface area contributed by atoms with Crippen molar-refractivity contribution >= 4 is 44.6 Å². The van der Waals surface area contributed by atoms with Gasteiger partial charge < -0.3 is 19.9 Å². The summed E-state index contributed by atoms with van der Waals surface area (Å²) >= 11 is 5.36. The topological polar surface area (TPSA) is 105 Å². The van der Waals surface area contributed by atoms with E-state index < -0.39 is 10.0 Å². The minimum absolute atomic E-state index is 0.0828. The Morgan fingerprint density at radius 1 is 0.853 bits per heavy atom. The van der Waals surface area contributed by atoms with Crippen molar-refractivity contribution in [3.8, 4) is 11.5 Å². The number of para-hydroxylation sites is 1. The Kier molecular flexibility index (Phi) is 6.80. The van der Waals surface area contributed by atoms with Gasteiger partial charge in [-0.15, -0.1) is 0 Å². The van der Waals surface area contributed by atoms with Crippen molar-refractivity contribution in [1.82, 2.24) is 5.16 Å². The van der Waals surface area contributed by atoms with Gasteiger partial charge in [-0.25, -0.2) is 13.1 Å². The third kappa shape index (κ3) is 5.72. The van der Waals surface area contributed by atoms with Gasteiger partial charge in [0, 0.05) is 16.9 Å². The lowest BCUT2D eigenvalue weighted by Crippen LogP contribution is -2.19. The van der Waals surface area contributed by atoms with Gasteiger partial charge in [0.2, 0.25) is 5.88 Å².